The molecule has 5 nitrogen and oxygen atoms in total. The lowest BCUT2D eigenvalue weighted by Crippen LogP contribution is -2.50. The molecule has 1 aliphatic rings. The Morgan fingerprint density at radius 2 is 1.67 bits per heavy atom. The van der Waals surface area contributed by atoms with Crippen molar-refractivity contribution in [2.24, 2.45) is 11.3 Å². The topological polar surface area (TPSA) is 66.5 Å². The third-order valence-electron chi connectivity index (χ3n) is 5.06. The lowest BCUT2D eigenvalue weighted by Gasteiger charge is -2.36. The van der Waals surface area contributed by atoms with E-state index in [2.05, 4.69) is 26.1 Å². The molecule has 0 aliphatic carbocycles. The molecule has 9 heteroatoms. The van der Waals surface area contributed by atoms with Crippen molar-refractivity contribution < 1.29 is 26.4 Å². The molecule has 0 aromatic heterocycles. The Morgan fingerprint density at radius 1 is 1.10 bits per heavy atom. The smallest absolute Gasteiger partial charge is 0.351 e. The second-order valence-corrected chi connectivity index (χ2v) is 11.8. The first kappa shape index (κ1) is 24.7. The fourth-order valence-electron chi connectivity index (χ4n) is 4.15. The van der Waals surface area contributed by atoms with E-state index in [0.29, 0.717) is 18.9 Å². The number of piperidine rings is 1. The van der Waals surface area contributed by atoms with Crippen molar-refractivity contribution in [2.45, 2.75) is 70.5 Å². The average molecular weight is 449 g/mol. The number of hydrogen-bond donors (Lipinski definition) is 1. The Kier molecular flexibility index (Phi) is 6.98. The van der Waals surface area contributed by atoms with Gasteiger partial charge in [-0.3, -0.25) is 4.79 Å². The zero-order valence-electron chi connectivity index (χ0n) is 18.1. The van der Waals surface area contributed by atoms with E-state index in [1.54, 1.807) is 0 Å². The Labute approximate surface area is 177 Å². The highest BCUT2D eigenvalue weighted by Crippen LogP contribution is 2.32. The van der Waals surface area contributed by atoms with Gasteiger partial charge in [0.1, 0.15) is 0 Å². The Bertz CT molecular complexity index is 866. The van der Waals surface area contributed by atoms with Crippen molar-refractivity contribution in [3.05, 3.63) is 29.8 Å². The number of halogens is 3. The number of hydrogen-bond acceptors (Lipinski definition) is 3. The van der Waals surface area contributed by atoms with Gasteiger partial charge >= 0.3 is 6.18 Å². The van der Waals surface area contributed by atoms with Gasteiger partial charge in [0, 0.05) is 24.5 Å². The molecule has 1 aliphatic heterocycles. The lowest BCUT2D eigenvalue weighted by molar-refractivity contribution is -0.137. The molecule has 1 aromatic carbocycles. The average Bonchev–Trinajstić information content (AvgIpc) is 2.58. The van der Waals surface area contributed by atoms with Gasteiger partial charge in [-0.05, 0) is 56.7 Å². The lowest BCUT2D eigenvalue weighted by atomic mass is 9.81. The minimum Gasteiger partial charge on any atom is -0.351 e. The predicted octanol–water partition coefficient (Wildman–Crippen LogP) is 4.44. The summed E-state index contributed by atoms with van der Waals surface area (Å²) >= 11 is 0. The van der Waals surface area contributed by atoms with Crippen molar-refractivity contribution in [3.8, 4) is 0 Å². The minimum atomic E-state index is -4.61. The van der Waals surface area contributed by atoms with Gasteiger partial charge in [-0.25, -0.2) is 8.42 Å². The number of nitrogens with zero attached hydrogens (tertiary/aromatic N) is 1. The van der Waals surface area contributed by atoms with E-state index in [0.717, 1.165) is 22.9 Å². The number of nitrogens with one attached hydrogen (secondary N) is 1. The van der Waals surface area contributed by atoms with Gasteiger partial charge in [0.15, 0.2) is 0 Å². The summed E-state index contributed by atoms with van der Waals surface area (Å²) in [7, 11) is -4.05. The second-order valence-electron chi connectivity index (χ2n) is 9.81. The molecule has 0 unspecified atom stereocenters. The summed E-state index contributed by atoms with van der Waals surface area (Å²) in [4.78, 5) is 12.3. The molecule has 1 saturated heterocycles. The zero-order chi connectivity index (χ0) is 23.0. The normalized spacial score (nSPS) is 17.7. The van der Waals surface area contributed by atoms with E-state index >= 15 is 0 Å². The van der Waals surface area contributed by atoms with Gasteiger partial charge in [-0.15, -0.1) is 0 Å². The maximum Gasteiger partial charge on any atom is 0.416 e. The summed E-state index contributed by atoms with van der Waals surface area (Å²) in [5, 5.41) is 3.06. The second kappa shape index (κ2) is 8.49. The molecule has 170 valence electrons. The van der Waals surface area contributed by atoms with Crippen LogP contribution in [0.2, 0.25) is 0 Å². The van der Waals surface area contributed by atoms with Gasteiger partial charge in [0.25, 0.3) is 0 Å². The summed E-state index contributed by atoms with van der Waals surface area (Å²) in [6.07, 6.45) is -3.17. The van der Waals surface area contributed by atoms with Crippen LogP contribution < -0.4 is 5.32 Å². The number of carbonyl (C=O) groups is 1. The third-order valence-corrected chi connectivity index (χ3v) is 6.95. The van der Waals surface area contributed by atoms with Crippen molar-refractivity contribution in [1.29, 1.82) is 0 Å². The van der Waals surface area contributed by atoms with Crippen LogP contribution in [-0.2, 0) is 21.0 Å². The van der Waals surface area contributed by atoms with Crippen LogP contribution in [0.4, 0.5) is 13.2 Å². The molecule has 0 saturated carbocycles. The number of benzene rings is 1. The number of alkyl halides is 3. The summed E-state index contributed by atoms with van der Waals surface area (Å²) < 4.78 is 65.5. The molecular weight excluding hydrogens is 417 g/mol. The van der Waals surface area contributed by atoms with Crippen LogP contribution in [0.25, 0.3) is 0 Å². The van der Waals surface area contributed by atoms with Gasteiger partial charge < -0.3 is 5.32 Å². The molecule has 1 aromatic rings. The molecule has 0 spiro atoms. The van der Waals surface area contributed by atoms with E-state index in [-0.39, 0.29) is 35.2 Å². The van der Waals surface area contributed by atoms with Crippen LogP contribution >= 0.6 is 0 Å². The van der Waals surface area contributed by atoms with E-state index in [1.165, 1.54) is 6.07 Å². The maximum atomic E-state index is 12.9. The number of amides is 1. The van der Waals surface area contributed by atoms with Gasteiger partial charge in [0.05, 0.1) is 10.5 Å². The van der Waals surface area contributed by atoms with Crippen LogP contribution in [0.5, 0.6) is 0 Å². The summed E-state index contributed by atoms with van der Waals surface area (Å²) in [6.45, 7) is 10.4. The first-order valence-corrected chi connectivity index (χ1v) is 11.4. The Balaban J connectivity index is 2.04. The van der Waals surface area contributed by atoms with Gasteiger partial charge in [-0.2, -0.15) is 17.5 Å². The molecule has 30 heavy (non-hydrogen) atoms. The highest BCUT2D eigenvalue weighted by Gasteiger charge is 2.36. The van der Waals surface area contributed by atoms with E-state index < -0.39 is 27.3 Å². The fraction of sp³-hybridized carbons (Fsp3) is 0.667. The van der Waals surface area contributed by atoms with Gasteiger partial charge in [0.2, 0.25) is 15.9 Å². The summed E-state index contributed by atoms with van der Waals surface area (Å²) in [5.74, 6) is -0.433. The number of carbonyl (C=O) groups excluding carboxylic acids is 1. The number of sulfonamides is 1. The fourth-order valence-corrected chi connectivity index (χ4v) is 5.66. The molecule has 0 radical (unpaired) electrons. The Hall–Kier alpha value is -1.61. The molecular formula is C21H31F3N2O3S. The largest absolute Gasteiger partial charge is 0.416 e. The van der Waals surface area contributed by atoms with E-state index in [1.807, 2.05) is 13.8 Å². The molecule has 0 atom stereocenters. The first-order chi connectivity index (χ1) is 13.5. The monoisotopic (exact) mass is 448 g/mol. The summed E-state index contributed by atoms with van der Waals surface area (Å²) in [5.41, 5.74) is -1.35. The Morgan fingerprint density at radius 3 is 2.17 bits per heavy atom. The van der Waals surface area contributed by atoms with Crippen molar-refractivity contribution in [1.82, 2.24) is 9.62 Å². The quantitative estimate of drug-likeness (QED) is 0.724. The van der Waals surface area contributed by atoms with E-state index in [4.69, 9.17) is 0 Å². The molecule has 2 rings (SSSR count). The maximum absolute atomic E-state index is 12.9. The van der Waals surface area contributed by atoms with E-state index in [9.17, 15) is 26.4 Å². The SMILES string of the molecule is CC(C)(C)CC(C)(C)NC(=O)C1CCN(S(=O)(=O)c2cccc(C(F)(F)F)c2)CC1. The van der Waals surface area contributed by atoms with Crippen molar-refractivity contribution in [3.63, 3.8) is 0 Å². The first-order valence-electron chi connectivity index (χ1n) is 10.0. The number of rotatable bonds is 5. The van der Waals surface area contributed by atoms with Crippen LogP contribution in [0.3, 0.4) is 0 Å². The highest BCUT2D eigenvalue weighted by atomic mass is 32.2. The van der Waals surface area contributed by atoms with Crippen LogP contribution in [0.15, 0.2) is 29.2 Å². The molecule has 1 N–H and O–H groups in total. The van der Waals surface area contributed by atoms with Crippen LogP contribution in [-0.4, -0.2) is 37.3 Å². The standard InChI is InChI=1S/C21H31F3N2O3S/c1-19(2,3)14-20(4,5)25-18(27)15-9-11-26(12-10-15)30(28,29)17-8-6-7-16(13-17)21(22,23)24/h6-8,13,15H,9-12,14H2,1-5H3,(H,25,27). The zero-order valence-corrected chi connectivity index (χ0v) is 19.0. The minimum absolute atomic E-state index is 0.0408. The molecule has 0 bridgehead atoms. The molecule has 1 fully saturated rings. The third kappa shape index (κ3) is 6.44. The highest BCUT2D eigenvalue weighted by molar-refractivity contribution is 7.89. The van der Waals surface area contributed by atoms with Crippen LogP contribution in [0.1, 0.15) is 59.4 Å². The molecule has 1 heterocycles. The van der Waals surface area contributed by atoms with Crippen LogP contribution in [0, 0.1) is 11.3 Å². The van der Waals surface area contributed by atoms with Crippen molar-refractivity contribution >= 4 is 15.9 Å². The predicted molar refractivity (Wildman–Crippen MR) is 109 cm³/mol. The summed E-state index contributed by atoms with van der Waals surface area (Å²) in [6, 6.07) is 3.75. The van der Waals surface area contributed by atoms with Crippen molar-refractivity contribution in [2.75, 3.05) is 13.1 Å². The molecule has 1 amide bonds. The van der Waals surface area contributed by atoms with Gasteiger partial charge in [-0.1, -0.05) is 26.8 Å².